The molecule has 3 aromatic rings. The van der Waals surface area contributed by atoms with Crippen LogP contribution in [0.5, 0.6) is 0 Å². The average Bonchev–Trinajstić information content (AvgIpc) is 2.86. The predicted octanol–water partition coefficient (Wildman–Crippen LogP) is 3.01. The van der Waals surface area contributed by atoms with Crippen molar-refractivity contribution >= 4 is 30.3 Å². The van der Waals surface area contributed by atoms with Gasteiger partial charge in [-0.25, -0.2) is 4.52 Å². The molecule has 0 saturated carbocycles. The summed E-state index contributed by atoms with van der Waals surface area (Å²) in [5.41, 5.74) is 11.1. The van der Waals surface area contributed by atoms with Crippen LogP contribution in [0.2, 0.25) is 0 Å². The number of nitrogens with two attached hydrogens (primary N) is 1. The molecule has 0 amide bonds. The third-order valence-electron chi connectivity index (χ3n) is 3.16. The first kappa shape index (κ1) is 16.4. The van der Waals surface area contributed by atoms with Crippen LogP contribution in [-0.2, 0) is 6.54 Å². The number of halogens is 2. The van der Waals surface area contributed by atoms with E-state index in [1.54, 1.807) is 12.4 Å². The first-order valence-corrected chi connectivity index (χ1v) is 5.88. The van der Waals surface area contributed by atoms with Gasteiger partial charge in [-0.2, -0.15) is 5.10 Å². The summed E-state index contributed by atoms with van der Waals surface area (Å²) in [7, 11) is 0. The fourth-order valence-electron chi connectivity index (χ4n) is 2.15. The molecule has 2 heterocycles. The summed E-state index contributed by atoms with van der Waals surface area (Å²) in [5, 5.41) is 4.22. The monoisotopic (exact) mass is 310 g/mol. The van der Waals surface area contributed by atoms with Crippen LogP contribution in [0.4, 0.5) is 0 Å². The van der Waals surface area contributed by atoms with E-state index in [0.717, 1.165) is 16.8 Å². The average molecular weight is 311 g/mol. The molecule has 0 aliphatic heterocycles. The van der Waals surface area contributed by atoms with Crippen LogP contribution in [0, 0.1) is 6.92 Å². The number of nitrogens with zero attached hydrogens (tertiary/aromatic N) is 3. The molecule has 0 bridgehead atoms. The molecule has 6 heteroatoms. The SMILES string of the molecule is Cc1cc(-c2nccn3nccc23)ccc1CN.Cl.Cl. The fourth-order valence-corrected chi connectivity index (χ4v) is 2.15. The number of hydrogen-bond acceptors (Lipinski definition) is 3. The molecule has 0 unspecified atom stereocenters. The maximum absolute atomic E-state index is 5.68. The maximum atomic E-state index is 5.68. The highest BCUT2D eigenvalue weighted by Gasteiger charge is 2.07. The Morgan fingerprint density at radius 1 is 1.15 bits per heavy atom. The van der Waals surface area contributed by atoms with Gasteiger partial charge >= 0.3 is 0 Å². The van der Waals surface area contributed by atoms with Crippen LogP contribution >= 0.6 is 24.8 Å². The van der Waals surface area contributed by atoms with E-state index >= 15 is 0 Å². The topological polar surface area (TPSA) is 56.2 Å². The van der Waals surface area contributed by atoms with Crippen molar-refractivity contribution in [2.75, 3.05) is 0 Å². The molecule has 2 aromatic heterocycles. The minimum absolute atomic E-state index is 0. The van der Waals surface area contributed by atoms with Gasteiger partial charge in [-0.3, -0.25) is 4.98 Å². The molecule has 2 N–H and O–H groups in total. The maximum Gasteiger partial charge on any atom is 0.0960 e. The minimum atomic E-state index is 0. The third kappa shape index (κ3) is 2.77. The van der Waals surface area contributed by atoms with E-state index in [-0.39, 0.29) is 24.8 Å². The van der Waals surface area contributed by atoms with E-state index < -0.39 is 0 Å². The largest absolute Gasteiger partial charge is 0.326 e. The lowest BCUT2D eigenvalue weighted by molar-refractivity contribution is 0.947. The Morgan fingerprint density at radius 2 is 1.95 bits per heavy atom. The zero-order valence-corrected chi connectivity index (χ0v) is 12.6. The highest BCUT2D eigenvalue weighted by molar-refractivity contribution is 5.85. The van der Waals surface area contributed by atoms with Crippen LogP contribution in [0.3, 0.4) is 0 Å². The Balaban J connectivity index is 0.000001000. The van der Waals surface area contributed by atoms with Crippen molar-refractivity contribution < 1.29 is 0 Å². The standard InChI is InChI=1S/C14H14N4.2ClH/c1-10-8-11(2-3-12(10)9-15)14-13-4-5-17-18(13)7-6-16-14;;/h2-8H,9,15H2,1H3;2*1H. The Hall–Kier alpha value is -1.62. The lowest BCUT2D eigenvalue weighted by atomic mass is 10.0. The smallest absolute Gasteiger partial charge is 0.0960 e. The van der Waals surface area contributed by atoms with Gasteiger partial charge in [0.1, 0.15) is 0 Å². The number of aromatic nitrogens is 3. The Labute approximate surface area is 129 Å². The van der Waals surface area contributed by atoms with Crippen molar-refractivity contribution in [1.82, 2.24) is 14.6 Å². The predicted molar refractivity (Wildman–Crippen MR) is 85.5 cm³/mol. The van der Waals surface area contributed by atoms with E-state index in [0.29, 0.717) is 6.54 Å². The Kier molecular flexibility index (Phi) is 5.51. The Bertz CT molecular complexity index is 709. The number of rotatable bonds is 2. The van der Waals surface area contributed by atoms with Crippen LogP contribution < -0.4 is 5.73 Å². The van der Waals surface area contributed by atoms with Crippen molar-refractivity contribution in [1.29, 1.82) is 0 Å². The summed E-state index contributed by atoms with van der Waals surface area (Å²) in [6.45, 7) is 2.64. The first-order valence-electron chi connectivity index (χ1n) is 5.88. The highest BCUT2D eigenvalue weighted by Crippen LogP contribution is 2.24. The molecule has 0 saturated heterocycles. The molecule has 0 radical (unpaired) electrons. The zero-order valence-electron chi connectivity index (χ0n) is 11.0. The van der Waals surface area contributed by atoms with Gasteiger partial charge in [-0.05, 0) is 30.2 Å². The number of aryl methyl sites for hydroxylation is 1. The lowest BCUT2D eigenvalue weighted by Crippen LogP contribution is -1.99. The fraction of sp³-hybridized carbons (Fsp3) is 0.143. The van der Waals surface area contributed by atoms with Gasteiger partial charge < -0.3 is 5.73 Å². The molecular formula is C14H16Cl2N4. The molecule has 0 fully saturated rings. The summed E-state index contributed by atoms with van der Waals surface area (Å²) in [6, 6.07) is 8.21. The number of benzene rings is 1. The summed E-state index contributed by atoms with van der Waals surface area (Å²) in [5.74, 6) is 0. The third-order valence-corrected chi connectivity index (χ3v) is 3.16. The van der Waals surface area contributed by atoms with E-state index in [1.165, 1.54) is 11.1 Å². The zero-order chi connectivity index (χ0) is 12.5. The molecular weight excluding hydrogens is 295 g/mol. The van der Waals surface area contributed by atoms with E-state index in [2.05, 4.69) is 35.2 Å². The summed E-state index contributed by atoms with van der Waals surface area (Å²) in [6.07, 6.45) is 5.39. The molecule has 0 aliphatic rings. The molecule has 0 spiro atoms. The molecule has 4 nitrogen and oxygen atoms in total. The molecule has 1 aromatic carbocycles. The number of hydrogen-bond donors (Lipinski definition) is 1. The summed E-state index contributed by atoms with van der Waals surface area (Å²) >= 11 is 0. The van der Waals surface area contributed by atoms with Crippen LogP contribution in [-0.4, -0.2) is 14.6 Å². The summed E-state index contributed by atoms with van der Waals surface area (Å²) in [4.78, 5) is 4.45. The first-order chi connectivity index (χ1) is 8.79. The van der Waals surface area contributed by atoms with Gasteiger partial charge in [-0.15, -0.1) is 24.8 Å². The van der Waals surface area contributed by atoms with Crippen molar-refractivity contribution in [3.8, 4) is 11.3 Å². The van der Waals surface area contributed by atoms with Crippen LogP contribution in [0.25, 0.3) is 16.8 Å². The second kappa shape index (κ2) is 6.70. The Morgan fingerprint density at radius 3 is 2.65 bits per heavy atom. The molecule has 106 valence electrons. The quantitative estimate of drug-likeness (QED) is 0.791. The normalized spacial score (nSPS) is 9.90. The second-order valence-corrected chi connectivity index (χ2v) is 4.28. The molecule has 0 atom stereocenters. The van der Waals surface area contributed by atoms with Gasteiger partial charge in [0.2, 0.25) is 0 Å². The van der Waals surface area contributed by atoms with Crippen molar-refractivity contribution in [2.24, 2.45) is 5.73 Å². The van der Waals surface area contributed by atoms with Gasteiger partial charge in [0, 0.05) is 24.5 Å². The number of fused-ring (bicyclic) bond motifs is 1. The van der Waals surface area contributed by atoms with E-state index in [4.69, 9.17) is 5.73 Å². The molecule has 20 heavy (non-hydrogen) atoms. The lowest BCUT2D eigenvalue weighted by Gasteiger charge is -2.07. The molecule has 0 aliphatic carbocycles. The van der Waals surface area contributed by atoms with Gasteiger partial charge in [0.15, 0.2) is 0 Å². The van der Waals surface area contributed by atoms with Crippen LogP contribution in [0.15, 0.2) is 42.9 Å². The van der Waals surface area contributed by atoms with Crippen LogP contribution in [0.1, 0.15) is 11.1 Å². The van der Waals surface area contributed by atoms with Gasteiger partial charge in [0.25, 0.3) is 0 Å². The van der Waals surface area contributed by atoms with Gasteiger partial charge in [0.05, 0.1) is 17.4 Å². The molecule has 3 rings (SSSR count). The van der Waals surface area contributed by atoms with Crippen molar-refractivity contribution in [3.05, 3.63) is 54.0 Å². The summed E-state index contributed by atoms with van der Waals surface area (Å²) < 4.78 is 1.83. The van der Waals surface area contributed by atoms with E-state index in [1.807, 2.05) is 16.8 Å². The van der Waals surface area contributed by atoms with E-state index in [9.17, 15) is 0 Å². The minimum Gasteiger partial charge on any atom is -0.326 e. The second-order valence-electron chi connectivity index (χ2n) is 4.28. The van der Waals surface area contributed by atoms with Crippen molar-refractivity contribution in [2.45, 2.75) is 13.5 Å². The van der Waals surface area contributed by atoms with Crippen molar-refractivity contribution in [3.63, 3.8) is 0 Å². The highest BCUT2D eigenvalue weighted by atomic mass is 35.5. The van der Waals surface area contributed by atoms with Gasteiger partial charge in [-0.1, -0.05) is 12.1 Å².